The van der Waals surface area contributed by atoms with Gasteiger partial charge in [-0.3, -0.25) is 4.79 Å². The molecule has 3 aromatic carbocycles. The Bertz CT molecular complexity index is 1820. The van der Waals surface area contributed by atoms with Crippen LogP contribution < -0.4 is 10.2 Å². The van der Waals surface area contributed by atoms with Crippen molar-refractivity contribution in [1.29, 1.82) is 0 Å². The molecule has 0 fully saturated rings. The van der Waals surface area contributed by atoms with Crippen LogP contribution in [-0.2, 0) is 18.5 Å². The van der Waals surface area contributed by atoms with Gasteiger partial charge in [0.2, 0.25) is 0 Å². The van der Waals surface area contributed by atoms with Gasteiger partial charge in [-0.25, -0.2) is 9.97 Å². The Balaban J connectivity index is 1.42. The standard InChI is InChI=1S/C33H30ClN7O/c1-22-9-12-29-27(15-22)31(23-17-36-20-37-18-23)30-13-14-33(19-41(29)30,24-7-5-4-6-8-24)39-32(42)26-11-10-25(16-28(26)34)40(3)21-38-35-2/h4-12,15-18,20-21H,2,13-14,19H2,1,3H3,(H,39,42)/b38-21-/t33-/m1/s1. The maximum absolute atomic E-state index is 13.9. The lowest BCUT2D eigenvalue weighted by atomic mass is 9.81. The van der Waals surface area contributed by atoms with E-state index in [0.29, 0.717) is 23.6 Å². The minimum Gasteiger partial charge on any atom is -0.341 e. The molecule has 1 aliphatic heterocycles. The van der Waals surface area contributed by atoms with E-state index >= 15 is 0 Å². The van der Waals surface area contributed by atoms with Crippen molar-refractivity contribution in [2.24, 2.45) is 10.2 Å². The van der Waals surface area contributed by atoms with E-state index in [4.69, 9.17) is 11.6 Å². The van der Waals surface area contributed by atoms with Crippen molar-refractivity contribution < 1.29 is 4.79 Å². The minimum atomic E-state index is -0.659. The van der Waals surface area contributed by atoms with Gasteiger partial charge in [0.1, 0.15) is 12.7 Å². The molecule has 0 unspecified atom stereocenters. The fraction of sp³-hybridized carbons (Fsp3) is 0.182. The molecule has 0 bridgehead atoms. The highest BCUT2D eigenvalue weighted by molar-refractivity contribution is 6.34. The maximum atomic E-state index is 13.9. The van der Waals surface area contributed by atoms with Crippen LogP contribution in [0.25, 0.3) is 22.0 Å². The molecule has 6 rings (SSSR count). The van der Waals surface area contributed by atoms with E-state index in [9.17, 15) is 4.79 Å². The summed E-state index contributed by atoms with van der Waals surface area (Å²) < 4.78 is 2.35. The first-order valence-corrected chi connectivity index (χ1v) is 14.0. The van der Waals surface area contributed by atoms with Gasteiger partial charge in [-0.2, -0.15) is 5.10 Å². The average molecular weight is 576 g/mol. The number of aromatic nitrogens is 3. The summed E-state index contributed by atoms with van der Waals surface area (Å²) in [7, 11) is 1.82. The Hall–Kier alpha value is -4.82. The van der Waals surface area contributed by atoms with Gasteiger partial charge in [-0.05, 0) is 55.7 Å². The van der Waals surface area contributed by atoms with E-state index in [2.05, 4.69) is 74.0 Å². The molecule has 9 heteroatoms. The average Bonchev–Trinajstić information content (AvgIpc) is 3.32. The van der Waals surface area contributed by atoms with Crippen LogP contribution in [0.2, 0.25) is 5.02 Å². The predicted octanol–water partition coefficient (Wildman–Crippen LogP) is 6.41. The number of nitrogens with zero attached hydrogens (tertiary/aromatic N) is 6. The normalized spacial score (nSPS) is 16.4. The Morgan fingerprint density at radius 2 is 1.90 bits per heavy atom. The van der Waals surface area contributed by atoms with E-state index < -0.39 is 5.54 Å². The quantitative estimate of drug-likeness (QED) is 0.138. The Kier molecular flexibility index (Phi) is 7.31. The largest absolute Gasteiger partial charge is 0.341 e. The number of rotatable bonds is 7. The molecule has 42 heavy (non-hydrogen) atoms. The molecule has 1 aliphatic rings. The van der Waals surface area contributed by atoms with E-state index in [1.54, 1.807) is 23.4 Å². The molecule has 5 aromatic rings. The third kappa shape index (κ3) is 4.94. The predicted molar refractivity (Wildman–Crippen MR) is 170 cm³/mol. The molecular weight excluding hydrogens is 546 g/mol. The molecule has 0 saturated carbocycles. The van der Waals surface area contributed by atoms with Crippen LogP contribution in [-0.4, -0.2) is 40.5 Å². The van der Waals surface area contributed by atoms with Gasteiger partial charge < -0.3 is 14.8 Å². The first kappa shape index (κ1) is 27.4. The van der Waals surface area contributed by atoms with Crippen molar-refractivity contribution in [1.82, 2.24) is 19.9 Å². The van der Waals surface area contributed by atoms with Crippen molar-refractivity contribution in [2.75, 3.05) is 11.9 Å². The van der Waals surface area contributed by atoms with E-state index in [0.717, 1.165) is 39.7 Å². The summed E-state index contributed by atoms with van der Waals surface area (Å²) in [4.78, 5) is 24.3. The lowest BCUT2D eigenvalue weighted by Gasteiger charge is -2.40. The fourth-order valence-corrected chi connectivity index (χ4v) is 6.19. The third-order valence-electron chi connectivity index (χ3n) is 7.98. The number of anilines is 1. The molecule has 1 N–H and O–H groups in total. The Labute approximate surface area is 249 Å². The Morgan fingerprint density at radius 3 is 2.64 bits per heavy atom. The molecule has 1 atom stereocenters. The number of halogens is 1. The van der Waals surface area contributed by atoms with Crippen molar-refractivity contribution in [2.45, 2.75) is 31.8 Å². The molecule has 2 aromatic heterocycles. The summed E-state index contributed by atoms with van der Waals surface area (Å²) in [6.45, 7) is 6.03. The van der Waals surface area contributed by atoms with Crippen molar-refractivity contribution in [3.8, 4) is 11.1 Å². The van der Waals surface area contributed by atoms with Gasteiger partial charge in [-0.15, -0.1) is 5.10 Å². The summed E-state index contributed by atoms with van der Waals surface area (Å²) in [5, 5.41) is 12.2. The number of benzene rings is 3. The summed E-state index contributed by atoms with van der Waals surface area (Å²) in [5.74, 6) is -0.230. The van der Waals surface area contributed by atoms with Crippen LogP contribution in [0.1, 0.15) is 33.6 Å². The maximum Gasteiger partial charge on any atom is 0.253 e. The van der Waals surface area contributed by atoms with Gasteiger partial charge in [-0.1, -0.05) is 53.6 Å². The highest BCUT2D eigenvalue weighted by atomic mass is 35.5. The van der Waals surface area contributed by atoms with Crippen LogP contribution in [0.5, 0.6) is 0 Å². The van der Waals surface area contributed by atoms with E-state index in [-0.39, 0.29) is 5.91 Å². The van der Waals surface area contributed by atoms with Crippen molar-refractivity contribution in [3.63, 3.8) is 0 Å². The number of hydrogen-bond acceptors (Lipinski definition) is 5. The number of aryl methyl sites for hydroxylation is 1. The monoisotopic (exact) mass is 575 g/mol. The van der Waals surface area contributed by atoms with Gasteiger partial charge in [0.05, 0.1) is 22.7 Å². The fourth-order valence-electron chi connectivity index (χ4n) is 5.93. The van der Waals surface area contributed by atoms with E-state index in [1.165, 1.54) is 17.6 Å². The highest BCUT2D eigenvalue weighted by Crippen LogP contribution is 2.43. The van der Waals surface area contributed by atoms with Crippen LogP contribution in [0, 0.1) is 6.92 Å². The topological polar surface area (TPSA) is 87.8 Å². The lowest BCUT2D eigenvalue weighted by molar-refractivity contribution is 0.0868. The molecule has 1 amide bonds. The van der Waals surface area contributed by atoms with Crippen LogP contribution in [0.15, 0.2) is 95.7 Å². The number of hydrogen-bond donors (Lipinski definition) is 1. The summed E-state index contributed by atoms with van der Waals surface area (Å²) >= 11 is 6.67. The van der Waals surface area contributed by atoms with Crippen molar-refractivity contribution >= 4 is 47.2 Å². The number of nitrogens with one attached hydrogen (secondary N) is 1. The van der Waals surface area contributed by atoms with E-state index in [1.807, 2.05) is 43.7 Å². The Morgan fingerprint density at radius 1 is 1.12 bits per heavy atom. The number of carbonyl (C=O) groups is 1. The summed E-state index contributed by atoms with van der Waals surface area (Å²) in [5.41, 5.74) is 7.22. The molecule has 0 saturated heterocycles. The van der Waals surface area contributed by atoms with Gasteiger partial charge >= 0.3 is 0 Å². The second-order valence-electron chi connectivity index (χ2n) is 10.6. The van der Waals surface area contributed by atoms with Crippen molar-refractivity contribution in [3.05, 3.63) is 113 Å². The number of amides is 1. The zero-order valence-electron chi connectivity index (χ0n) is 23.5. The van der Waals surface area contributed by atoms with Gasteiger partial charge in [0, 0.05) is 59.6 Å². The molecule has 3 heterocycles. The molecule has 8 nitrogen and oxygen atoms in total. The molecule has 0 radical (unpaired) electrons. The minimum absolute atomic E-state index is 0.230. The second kappa shape index (κ2) is 11.2. The lowest BCUT2D eigenvalue weighted by Crippen LogP contribution is -2.51. The summed E-state index contributed by atoms with van der Waals surface area (Å²) in [6.07, 6.45) is 8.28. The third-order valence-corrected chi connectivity index (χ3v) is 8.30. The first-order chi connectivity index (χ1) is 20.4. The molecule has 0 spiro atoms. The second-order valence-corrected chi connectivity index (χ2v) is 11.0. The molecule has 0 aliphatic carbocycles. The smallest absolute Gasteiger partial charge is 0.253 e. The van der Waals surface area contributed by atoms with Crippen LogP contribution in [0.3, 0.4) is 0 Å². The summed E-state index contributed by atoms with van der Waals surface area (Å²) in [6, 6.07) is 22.0. The zero-order valence-corrected chi connectivity index (χ0v) is 24.2. The van der Waals surface area contributed by atoms with Crippen LogP contribution in [0.4, 0.5) is 5.69 Å². The highest BCUT2D eigenvalue weighted by Gasteiger charge is 2.40. The van der Waals surface area contributed by atoms with Gasteiger partial charge in [0.15, 0.2) is 0 Å². The van der Waals surface area contributed by atoms with Crippen LogP contribution >= 0.6 is 11.6 Å². The van der Waals surface area contributed by atoms with Gasteiger partial charge in [0.25, 0.3) is 5.91 Å². The number of fused-ring (bicyclic) bond motifs is 3. The SMILES string of the molecule is C=N/N=C\N(C)c1ccc(C(=O)N[C@]2(c3ccccc3)CCc3c(-c4cncnc4)c4cc(C)ccc4n3C2)c(Cl)c1. The zero-order chi connectivity index (χ0) is 29.3. The molecular formula is C33H30ClN7O. The molecule has 210 valence electrons. The first-order valence-electron chi connectivity index (χ1n) is 13.7. The number of carbonyl (C=O) groups excluding carboxylic acids is 1.